The van der Waals surface area contributed by atoms with E-state index in [1.165, 1.54) is 16.0 Å². The summed E-state index contributed by atoms with van der Waals surface area (Å²) < 4.78 is 0. The molecule has 128 valence electrons. The van der Waals surface area contributed by atoms with Gasteiger partial charge in [0.1, 0.15) is 6.54 Å². The Morgan fingerprint density at radius 2 is 1.91 bits per heavy atom. The standard InChI is InChI=1S/C18H29N3O2/c1-6-7-10-19-17(22)12-21(5)18(23)20-15(4)16-9-8-13(2)14(3)11-16/h8-9,11,15H,6-7,10,12H2,1-5H3,(H,19,22)(H,20,23)/t15-/m1/s1. The molecule has 0 heterocycles. The molecule has 1 aromatic carbocycles. The van der Waals surface area contributed by atoms with Gasteiger partial charge < -0.3 is 15.5 Å². The number of hydrogen-bond acceptors (Lipinski definition) is 2. The summed E-state index contributed by atoms with van der Waals surface area (Å²) in [6, 6.07) is 5.80. The van der Waals surface area contributed by atoms with Gasteiger partial charge in [-0.25, -0.2) is 4.79 Å². The molecule has 2 N–H and O–H groups in total. The van der Waals surface area contributed by atoms with Gasteiger partial charge in [0.2, 0.25) is 5.91 Å². The molecule has 23 heavy (non-hydrogen) atoms. The number of likely N-dealkylation sites (N-methyl/N-ethyl adjacent to an activating group) is 1. The predicted octanol–water partition coefficient (Wildman–Crippen LogP) is 2.92. The van der Waals surface area contributed by atoms with E-state index in [1.807, 2.05) is 13.0 Å². The first-order chi connectivity index (χ1) is 10.8. The van der Waals surface area contributed by atoms with Crippen LogP contribution in [0, 0.1) is 13.8 Å². The molecule has 0 aliphatic carbocycles. The average Bonchev–Trinajstić information content (AvgIpc) is 2.50. The van der Waals surface area contributed by atoms with E-state index >= 15 is 0 Å². The van der Waals surface area contributed by atoms with E-state index < -0.39 is 0 Å². The molecule has 3 amide bonds. The van der Waals surface area contributed by atoms with E-state index in [9.17, 15) is 9.59 Å². The van der Waals surface area contributed by atoms with Gasteiger partial charge in [-0.1, -0.05) is 31.5 Å². The molecule has 0 fully saturated rings. The second-order valence-electron chi connectivity index (χ2n) is 6.07. The summed E-state index contributed by atoms with van der Waals surface area (Å²) in [7, 11) is 1.63. The lowest BCUT2D eigenvalue weighted by Gasteiger charge is -2.21. The quantitative estimate of drug-likeness (QED) is 0.759. The fraction of sp³-hybridized carbons (Fsp3) is 0.556. The summed E-state index contributed by atoms with van der Waals surface area (Å²) in [6.07, 6.45) is 1.98. The Morgan fingerprint density at radius 3 is 2.52 bits per heavy atom. The minimum absolute atomic E-state index is 0.0647. The largest absolute Gasteiger partial charge is 0.355 e. The SMILES string of the molecule is CCCCNC(=O)CN(C)C(=O)N[C@H](C)c1ccc(C)c(C)c1. The molecule has 0 unspecified atom stereocenters. The fourth-order valence-corrected chi connectivity index (χ4v) is 2.16. The van der Waals surface area contributed by atoms with Crippen LogP contribution in [0.5, 0.6) is 0 Å². The molecule has 0 radical (unpaired) electrons. The number of aryl methyl sites for hydroxylation is 2. The van der Waals surface area contributed by atoms with Gasteiger partial charge >= 0.3 is 6.03 Å². The number of nitrogens with one attached hydrogen (secondary N) is 2. The molecule has 5 nitrogen and oxygen atoms in total. The van der Waals surface area contributed by atoms with Gasteiger partial charge in [0, 0.05) is 13.6 Å². The number of carbonyl (C=O) groups excluding carboxylic acids is 2. The molecular formula is C18H29N3O2. The van der Waals surface area contributed by atoms with Gasteiger partial charge in [-0.3, -0.25) is 4.79 Å². The molecular weight excluding hydrogens is 290 g/mol. The molecule has 0 spiro atoms. The summed E-state index contributed by atoms with van der Waals surface area (Å²) in [5.74, 6) is -0.130. The van der Waals surface area contributed by atoms with Crippen molar-refractivity contribution in [2.75, 3.05) is 20.1 Å². The van der Waals surface area contributed by atoms with Gasteiger partial charge in [0.15, 0.2) is 0 Å². The van der Waals surface area contributed by atoms with E-state index in [2.05, 4.69) is 43.5 Å². The highest BCUT2D eigenvalue weighted by Crippen LogP contribution is 2.16. The number of amides is 3. The second kappa shape index (κ2) is 9.18. The third-order valence-corrected chi connectivity index (χ3v) is 3.95. The summed E-state index contributed by atoms with van der Waals surface area (Å²) in [4.78, 5) is 25.3. The number of hydrogen-bond donors (Lipinski definition) is 2. The van der Waals surface area contributed by atoms with Crippen LogP contribution in [0.1, 0.15) is 49.4 Å². The monoisotopic (exact) mass is 319 g/mol. The molecule has 0 bridgehead atoms. The molecule has 5 heteroatoms. The fourth-order valence-electron chi connectivity index (χ4n) is 2.16. The van der Waals surface area contributed by atoms with Crippen LogP contribution in [-0.2, 0) is 4.79 Å². The first kappa shape index (κ1) is 19.0. The van der Waals surface area contributed by atoms with E-state index in [0.29, 0.717) is 6.54 Å². The van der Waals surface area contributed by atoms with Crippen LogP contribution >= 0.6 is 0 Å². The van der Waals surface area contributed by atoms with Gasteiger partial charge in [-0.15, -0.1) is 0 Å². The lowest BCUT2D eigenvalue weighted by Crippen LogP contribution is -2.44. The van der Waals surface area contributed by atoms with E-state index in [1.54, 1.807) is 7.05 Å². The minimum Gasteiger partial charge on any atom is -0.355 e. The van der Waals surface area contributed by atoms with Gasteiger partial charge in [-0.2, -0.15) is 0 Å². The normalized spacial score (nSPS) is 11.7. The first-order valence-electron chi connectivity index (χ1n) is 8.20. The Hall–Kier alpha value is -2.04. The van der Waals surface area contributed by atoms with Crippen molar-refractivity contribution in [1.29, 1.82) is 0 Å². The molecule has 1 aromatic rings. The van der Waals surface area contributed by atoms with Crippen LogP contribution in [0.25, 0.3) is 0 Å². The first-order valence-corrected chi connectivity index (χ1v) is 8.20. The zero-order chi connectivity index (χ0) is 17.4. The van der Waals surface area contributed by atoms with E-state index in [4.69, 9.17) is 0 Å². The van der Waals surface area contributed by atoms with Crippen molar-refractivity contribution in [3.63, 3.8) is 0 Å². The third kappa shape index (κ3) is 6.30. The number of carbonyl (C=O) groups is 2. The van der Waals surface area contributed by atoms with Gasteiger partial charge in [0.05, 0.1) is 6.04 Å². The lowest BCUT2D eigenvalue weighted by atomic mass is 10.0. The Morgan fingerprint density at radius 1 is 1.22 bits per heavy atom. The summed E-state index contributed by atoms with van der Waals surface area (Å²) >= 11 is 0. The summed E-state index contributed by atoms with van der Waals surface area (Å²) in [6.45, 7) is 8.85. The number of urea groups is 1. The minimum atomic E-state index is -0.249. The van der Waals surface area contributed by atoms with Crippen molar-refractivity contribution >= 4 is 11.9 Å². The third-order valence-electron chi connectivity index (χ3n) is 3.95. The molecule has 0 aromatic heterocycles. The van der Waals surface area contributed by atoms with Gasteiger partial charge in [-0.05, 0) is 43.9 Å². The molecule has 1 rings (SSSR count). The van der Waals surface area contributed by atoms with E-state index in [0.717, 1.165) is 18.4 Å². The Balaban J connectivity index is 2.50. The van der Waals surface area contributed by atoms with Crippen LogP contribution in [0.3, 0.4) is 0 Å². The Kier molecular flexibility index (Phi) is 7.59. The highest BCUT2D eigenvalue weighted by Gasteiger charge is 2.16. The van der Waals surface area contributed by atoms with E-state index in [-0.39, 0.29) is 24.5 Å². The molecule has 0 aliphatic heterocycles. The lowest BCUT2D eigenvalue weighted by molar-refractivity contribution is -0.121. The smallest absolute Gasteiger partial charge is 0.318 e. The van der Waals surface area contributed by atoms with Crippen LogP contribution in [0.4, 0.5) is 4.79 Å². The predicted molar refractivity (Wildman–Crippen MR) is 93.4 cm³/mol. The van der Waals surface area contributed by atoms with Crippen molar-refractivity contribution in [2.45, 2.75) is 46.6 Å². The van der Waals surface area contributed by atoms with Crippen molar-refractivity contribution in [2.24, 2.45) is 0 Å². The Bertz CT molecular complexity index is 543. The molecule has 1 atom stereocenters. The van der Waals surface area contributed by atoms with Crippen LogP contribution in [-0.4, -0.2) is 37.0 Å². The van der Waals surface area contributed by atoms with Crippen LogP contribution in [0.2, 0.25) is 0 Å². The zero-order valence-corrected chi connectivity index (χ0v) is 14.9. The highest BCUT2D eigenvalue weighted by atomic mass is 16.2. The Labute approximate surface area is 139 Å². The summed E-state index contributed by atoms with van der Waals surface area (Å²) in [5, 5.41) is 5.73. The van der Waals surface area contributed by atoms with Crippen LogP contribution in [0.15, 0.2) is 18.2 Å². The number of benzene rings is 1. The number of rotatable bonds is 7. The maximum atomic E-state index is 12.2. The van der Waals surface area contributed by atoms with Crippen molar-refractivity contribution in [3.8, 4) is 0 Å². The van der Waals surface area contributed by atoms with Crippen molar-refractivity contribution < 1.29 is 9.59 Å². The van der Waals surface area contributed by atoms with Gasteiger partial charge in [0.25, 0.3) is 0 Å². The van der Waals surface area contributed by atoms with Crippen molar-refractivity contribution in [1.82, 2.24) is 15.5 Å². The number of unbranched alkanes of at least 4 members (excludes halogenated alkanes) is 1. The second-order valence-corrected chi connectivity index (χ2v) is 6.07. The molecule has 0 saturated heterocycles. The van der Waals surface area contributed by atoms with Crippen molar-refractivity contribution in [3.05, 3.63) is 34.9 Å². The topological polar surface area (TPSA) is 61.4 Å². The molecule has 0 aliphatic rings. The maximum absolute atomic E-state index is 12.2. The zero-order valence-electron chi connectivity index (χ0n) is 14.9. The molecule has 0 saturated carbocycles. The average molecular weight is 319 g/mol. The number of nitrogens with zero attached hydrogens (tertiary/aromatic N) is 1. The van der Waals surface area contributed by atoms with Crippen LogP contribution < -0.4 is 10.6 Å². The maximum Gasteiger partial charge on any atom is 0.318 e. The highest BCUT2D eigenvalue weighted by molar-refractivity contribution is 5.83. The summed E-state index contributed by atoms with van der Waals surface area (Å²) in [5.41, 5.74) is 3.49.